The minimum Gasteiger partial charge on any atom is -0.492 e. The average molecular weight is 236 g/mol. The normalized spacial score (nSPS) is 10.1. The van der Waals surface area contributed by atoms with E-state index in [2.05, 4.69) is 9.82 Å². The van der Waals surface area contributed by atoms with Gasteiger partial charge in [0.1, 0.15) is 5.56 Å². The van der Waals surface area contributed by atoms with E-state index < -0.39 is 23.2 Å². The van der Waals surface area contributed by atoms with Crippen LogP contribution in [0.2, 0.25) is 0 Å². The molecule has 0 spiro atoms. The second kappa shape index (κ2) is 4.05. The molecule has 17 heavy (non-hydrogen) atoms. The molecule has 0 atom stereocenters. The SMILES string of the molecule is O=C(On1c(O)ccc1O)c1c[nH]ccc1=O. The van der Waals surface area contributed by atoms with Crippen LogP contribution in [0.4, 0.5) is 0 Å². The molecule has 0 aliphatic rings. The number of carbonyl (C=O) groups is 1. The van der Waals surface area contributed by atoms with Gasteiger partial charge in [0.2, 0.25) is 11.8 Å². The largest absolute Gasteiger partial charge is 0.492 e. The Hall–Kier alpha value is -2.70. The Morgan fingerprint density at radius 1 is 1.24 bits per heavy atom. The summed E-state index contributed by atoms with van der Waals surface area (Å²) >= 11 is 0. The zero-order chi connectivity index (χ0) is 12.4. The summed E-state index contributed by atoms with van der Waals surface area (Å²) in [7, 11) is 0. The first-order valence-electron chi connectivity index (χ1n) is 4.59. The highest BCUT2D eigenvalue weighted by Crippen LogP contribution is 2.18. The summed E-state index contributed by atoms with van der Waals surface area (Å²) in [6.45, 7) is 0. The Bertz CT molecular complexity index is 594. The van der Waals surface area contributed by atoms with E-state index >= 15 is 0 Å². The summed E-state index contributed by atoms with van der Waals surface area (Å²) in [4.78, 5) is 30.1. The average Bonchev–Trinajstić information content (AvgIpc) is 2.61. The van der Waals surface area contributed by atoms with Gasteiger partial charge in [-0.25, -0.2) is 4.79 Å². The summed E-state index contributed by atoms with van der Waals surface area (Å²) < 4.78 is 0.509. The monoisotopic (exact) mass is 236 g/mol. The van der Waals surface area contributed by atoms with Gasteiger partial charge in [0, 0.05) is 30.6 Å². The van der Waals surface area contributed by atoms with E-state index in [4.69, 9.17) is 0 Å². The van der Waals surface area contributed by atoms with Crippen molar-refractivity contribution in [3.05, 3.63) is 46.4 Å². The van der Waals surface area contributed by atoms with Crippen LogP contribution in [0.25, 0.3) is 0 Å². The maximum Gasteiger partial charge on any atom is 0.369 e. The number of pyridine rings is 1. The number of rotatable bonds is 2. The Balaban J connectivity index is 2.30. The van der Waals surface area contributed by atoms with Gasteiger partial charge in [-0.1, -0.05) is 0 Å². The molecule has 0 radical (unpaired) electrons. The summed E-state index contributed by atoms with van der Waals surface area (Å²) in [5.41, 5.74) is -0.764. The molecule has 0 amide bonds. The van der Waals surface area contributed by atoms with Gasteiger partial charge in [-0.05, 0) is 0 Å². The number of nitrogens with zero attached hydrogens (tertiary/aromatic N) is 1. The smallest absolute Gasteiger partial charge is 0.369 e. The lowest BCUT2D eigenvalue weighted by Gasteiger charge is -2.05. The number of hydrogen-bond acceptors (Lipinski definition) is 5. The number of hydrogen-bond donors (Lipinski definition) is 3. The van der Waals surface area contributed by atoms with Gasteiger partial charge in [-0.15, -0.1) is 4.73 Å². The first-order chi connectivity index (χ1) is 8.09. The van der Waals surface area contributed by atoms with Gasteiger partial charge in [0.05, 0.1) is 0 Å². The van der Waals surface area contributed by atoms with Crippen LogP contribution in [0.3, 0.4) is 0 Å². The molecule has 0 fully saturated rings. The minimum atomic E-state index is -0.992. The molecule has 0 saturated heterocycles. The minimum absolute atomic E-state index is 0.236. The zero-order valence-corrected chi connectivity index (χ0v) is 8.45. The number of aromatic nitrogens is 2. The quantitative estimate of drug-likeness (QED) is 0.673. The van der Waals surface area contributed by atoms with Crippen molar-refractivity contribution < 1.29 is 19.8 Å². The lowest BCUT2D eigenvalue weighted by molar-refractivity contribution is 0.0380. The van der Waals surface area contributed by atoms with E-state index in [0.717, 1.165) is 18.2 Å². The topological polar surface area (TPSA) is 105 Å². The van der Waals surface area contributed by atoms with E-state index in [1.54, 1.807) is 0 Å². The fraction of sp³-hybridized carbons (Fsp3) is 0. The van der Waals surface area contributed by atoms with Crippen LogP contribution in [-0.4, -0.2) is 25.9 Å². The highest BCUT2D eigenvalue weighted by atomic mass is 16.7. The van der Waals surface area contributed by atoms with Crippen LogP contribution in [-0.2, 0) is 0 Å². The standard InChI is InChI=1S/C10H8N2O5/c13-7-3-4-11-5-6(7)10(16)17-12-8(14)1-2-9(12)15/h1-5,14-15H,(H,11,13). The molecule has 0 saturated carbocycles. The maximum atomic E-state index is 11.6. The molecule has 0 unspecified atom stereocenters. The van der Waals surface area contributed by atoms with Crippen molar-refractivity contribution in [2.75, 3.05) is 0 Å². The summed E-state index contributed by atoms with van der Waals surface area (Å²) in [5.74, 6) is -1.90. The van der Waals surface area contributed by atoms with E-state index in [-0.39, 0.29) is 5.56 Å². The lowest BCUT2D eigenvalue weighted by atomic mass is 10.3. The van der Waals surface area contributed by atoms with Crippen LogP contribution < -0.4 is 10.3 Å². The highest BCUT2D eigenvalue weighted by Gasteiger charge is 2.16. The molecule has 7 heteroatoms. The van der Waals surface area contributed by atoms with Crippen molar-refractivity contribution in [2.24, 2.45) is 0 Å². The second-order valence-electron chi connectivity index (χ2n) is 3.15. The van der Waals surface area contributed by atoms with Gasteiger partial charge in [0.15, 0.2) is 5.43 Å². The van der Waals surface area contributed by atoms with Crippen LogP contribution >= 0.6 is 0 Å². The van der Waals surface area contributed by atoms with Gasteiger partial charge >= 0.3 is 5.97 Å². The molecule has 3 N–H and O–H groups in total. The molecule has 0 aromatic carbocycles. The van der Waals surface area contributed by atoms with Crippen molar-refractivity contribution >= 4 is 5.97 Å². The van der Waals surface area contributed by atoms with Crippen molar-refractivity contribution in [1.82, 2.24) is 9.71 Å². The number of aromatic hydroxyl groups is 2. The Labute approximate surface area is 94.5 Å². The Morgan fingerprint density at radius 3 is 2.47 bits per heavy atom. The fourth-order valence-electron chi connectivity index (χ4n) is 1.20. The van der Waals surface area contributed by atoms with E-state index in [1.807, 2.05) is 0 Å². The maximum absolute atomic E-state index is 11.6. The Morgan fingerprint density at radius 2 is 1.88 bits per heavy atom. The van der Waals surface area contributed by atoms with Gasteiger partial charge in [0.25, 0.3) is 0 Å². The third-order valence-electron chi connectivity index (χ3n) is 2.02. The van der Waals surface area contributed by atoms with E-state index in [1.165, 1.54) is 12.4 Å². The number of carbonyl (C=O) groups excluding carboxylic acids is 1. The predicted octanol–water partition coefficient (Wildman–Crippen LogP) is -0.143. The first-order valence-corrected chi connectivity index (χ1v) is 4.59. The molecule has 2 aromatic heterocycles. The third-order valence-corrected chi connectivity index (χ3v) is 2.02. The third kappa shape index (κ3) is 1.98. The molecule has 0 aliphatic carbocycles. The number of H-pyrrole nitrogens is 1. The van der Waals surface area contributed by atoms with Gasteiger partial charge in [-0.2, -0.15) is 0 Å². The molecule has 2 aromatic rings. The summed E-state index contributed by atoms with van der Waals surface area (Å²) in [5, 5.41) is 18.5. The lowest BCUT2D eigenvalue weighted by Crippen LogP contribution is -2.24. The predicted molar refractivity (Wildman–Crippen MR) is 55.7 cm³/mol. The molecule has 88 valence electrons. The Kier molecular flexibility index (Phi) is 2.57. The highest BCUT2D eigenvalue weighted by molar-refractivity contribution is 5.89. The molecule has 0 aliphatic heterocycles. The van der Waals surface area contributed by atoms with E-state index in [9.17, 15) is 19.8 Å². The second-order valence-corrected chi connectivity index (χ2v) is 3.15. The van der Waals surface area contributed by atoms with Crippen LogP contribution in [0.15, 0.2) is 35.4 Å². The summed E-state index contributed by atoms with van der Waals surface area (Å²) in [6.07, 6.45) is 2.53. The van der Waals surface area contributed by atoms with Gasteiger partial charge in [-0.3, -0.25) is 4.79 Å². The van der Waals surface area contributed by atoms with Crippen molar-refractivity contribution in [3.8, 4) is 11.8 Å². The molecule has 2 heterocycles. The molecular formula is C10H8N2O5. The van der Waals surface area contributed by atoms with E-state index in [0.29, 0.717) is 4.73 Å². The van der Waals surface area contributed by atoms with Crippen LogP contribution in [0.1, 0.15) is 10.4 Å². The summed E-state index contributed by atoms with van der Waals surface area (Å²) in [6, 6.07) is 3.43. The van der Waals surface area contributed by atoms with Crippen molar-refractivity contribution in [3.63, 3.8) is 0 Å². The fourth-order valence-corrected chi connectivity index (χ4v) is 1.20. The zero-order valence-electron chi connectivity index (χ0n) is 8.45. The first kappa shape index (κ1) is 10.8. The molecule has 2 rings (SSSR count). The molecule has 7 nitrogen and oxygen atoms in total. The number of nitrogens with one attached hydrogen (secondary N) is 1. The van der Waals surface area contributed by atoms with Crippen LogP contribution in [0, 0.1) is 0 Å². The molecular weight excluding hydrogens is 228 g/mol. The van der Waals surface area contributed by atoms with Crippen molar-refractivity contribution in [2.45, 2.75) is 0 Å². The van der Waals surface area contributed by atoms with Crippen LogP contribution in [0.5, 0.6) is 11.8 Å². The van der Waals surface area contributed by atoms with Crippen molar-refractivity contribution in [1.29, 1.82) is 0 Å². The molecule has 0 bridgehead atoms. The van der Waals surface area contributed by atoms with Gasteiger partial charge < -0.3 is 20.0 Å². The number of aromatic amines is 1.